The van der Waals surface area contributed by atoms with Gasteiger partial charge in [-0.15, -0.1) is 22.7 Å². The largest absolute Gasteiger partial charge is 0.298 e. The Morgan fingerprint density at radius 1 is 1.24 bits per heavy atom. The minimum absolute atomic E-state index is 0.0841. The summed E-state index contributed by atoms with van der Waals surface area (Å²) in [5.41, 5.74) is 2.42. The second kappa shape index (κ2) is 6.68. The monoisotopic (exact) mass is 393 g/mol. The number of carbonyl (C=O) groups is 1. The van der Waals surface area contributed by atoms with Gasteiger partial charge < -0.3 is 0 Å². The number of thiazole rings is 1. The summed E-state index contributed by atoms with van der Waals surface area (Å²) < 4.78 is 23.2. The lowest BCUT2D eigenvalue weighted by atomic mass is 10.0. The van der Waals surface area contributed by atoms with Crippen LogP contribution in [-0.4, -0.2) is 19.3 Å². The maximum Gasteiger partial charge on any atom is 0.257 e. The molecular formula is C16H15N3O3S3. The average molecular weight is 394 g/mol. The first-order chi connectivity index (χ1) is 11.8. The molecule has 0 unspecified atom stereocenters. The number of nitrogens with one attached hydrogen (secondary N) is 1. The van der Waals surface area contributed by atoms with Crippen LogP contribution in [0.25, 0.3) is 10.6 Å². The molecule has 0 saturated carbocycles. The molecule has 2 aromatic heterocycles. The van der Waals surface area contributed by atoms with Gasteiger partial charge in [-0.2, -0.15) is 0 Å². The SMILES string of the molecule is Cc1cc(S(N)(=O)=O)cc(C(=O)Nc2nc(-c3cccs3)cs2)c1C. The highest BCUT2D eigenvalue weighted by Gasteiger charge is 2.18. The molecule has 3 rings (SSSR count). The fourth-order valence-electron chi connectivity index (χ4n) is 2.26. The first-order valence-electron chi connectivity index (χ1n) is 7.20. The molecule has 0 aliphatic heterocycles. The van der Waals surface area contributed by atoms with E-state index in [1.54, 1.807) is 25.2 Å². The van der Waals surface area contributed by atoms with Gasteiger partial charge in [-0.25, -0.2) is 18.5 Å². The van der Waals surface area contributed by atoms with Gasteiger partial charge in [0.05, 0.1) is 15.5 Å². The summed E-state index contributed by atoms with van der Waals surface area (Å²) >= 11 is 2.88. The quantitative estimate of drug-likeness (QED) is 0.709. The summed E-state index contributed by atoms with van der Waals surface area (Å²) in [5.74, 6) is -0.418. The summed E-state index contributed by atoms with van der Waals surface area (Å²) in [6, 6.07) is 6.64. The van der Waals surface area contributed by atoms with E-state index in [1.165, 1.54) is 23.5 Å². The van der Waals surface area contributed by atoms with E-state index in [4.69, 9.17) is 5.14 Å². The number of primary sulfonamides is 1. The zero-order valence-corrected chi connectivity index (χ0v) is 15.9. The Hall–Kier alpha value is -2.07. The normalized spacial score (nSPS) is 11.5. The van der Waals surface area contributed by atoms with Crippen molar-refractivity contribution in [3.63, 3.8) is 0 Å². The Labute approximate surface area is 153 Å². The molecule has 0 aliphatic carbocycles. The Morgan fingerprint density at radius 2 is 2.00 bits per heavy atom. The maximum absolute atomic E-state index is 12.6. The van der Waals surface area contributed by atoms with E-state index < -0.39 is 15.9 Å². The van der Waals surface area contributed by atoms with E-state index in [2.05, 4.69) is 10.3 Å². The molecule has 25 heavy (non-hydrogen) atoms. The third kappa shape index (κ3) is 3.79. The molecular weight excluding hydrogens is 378 g/mol. The van der Waals surface area contributed by atoms with Crippen LogP contribution in [0.15, 0.2) is 39.9 Å². The standard InChI is InChI=1S/C16H15N3O3S3/c1-9-6-11(25(17,21)22)7-12(10(9)2)15(20)19-16-18-13(8-24-16)14-4-3-5-23-14/h3-8H,1-2H3,(H2,17,21,22)(H,18,19,20). The summed E-state index contributed by atoms with van der Waals surface area (Å²) in [6.45, 7) is 3.50. The van der Waals surface area contributed by atoms with Gasteiger partial charge in [0.15, 0.2) is 5.13 Å². The molecule has 1 amide bonds. The van der Waals surface area contributed by atoms with Crippen LogP contribution in [0.5, 0.6) is 0 Å². The zero-order chi connectivity index (χ0) is 18.2. The molecule has 0 spiro atoms. The number of rotatable bonds is 4. The van der Waals surface area contributed by atoms with Crippen molar-refractivity contribution >= 4 is 43.7 Å². The zero-order valence-electron chi connectivity index (χ0n) is 13.4. The van der Waals surface area contributed by atoms with Gasteiger partial charge in [0.2, 0.25) is 10.0 Å². The topological polar surface area (TPSA) is 102 Å². The minimum atomic E-state index is -3.89. The van der Waals surface area contributed by atoms with Crippen molar-refractivity contribution in [3.05, 3.63) is 51.7 Å². The van der Waals surface area contributed by atoms with Gasteiger partial charge in [-0.05, 0) is 48.6 Å². The highest BCUT2D eigenvalue weighted by atomic mass is 32.2. The number of nitrogens with two attached hydrogens (primary N) is 1. The number of benzene rings is 1. The lowest BCUT2D eigenvalue weighted by Crippen LogP contribution is -2.17. The van der Waals surface area contributed by atoms with Gasteiger partial charge in [-0.3, -0.25) is 10.1 Å². The number of amides is 1. The van der Waals surface area contributed by atoms with Crippen molar-refractivity contribution in [1.82, 2.24) is 4.98 Å². The van der Waals surface area contributed by atoms with Crippen LogP contribution in [0.3, 0.4) is 0 Å². The van der Waals surface area contributed by atoms with Crippen molar-refractivity contribution in [2.24, 2.45) is 5.14 Å². The molecule has 6 nitrogen and oxygen atoms in total. The van der Waals surface area contributed by atoms with Gasteiger partial charge in [0.1, 0.15) is 0 Å². The van der Waals surface area contributed by atoms with Crippen molar-refractivity contribution in [2.45, 2.75) is 18.7 Å². The molecule has 0 radical (unpaired) electrons. The maximum atomic E-state index is 12.6. The number of thiophene rings is 1. The van der Waals surface area contributed by atoms with Crippen LogP contribution in [-0.2, 0) is 10.0 Å². The fraction of sp³-hybridized carbons (Fsp3) is 0.125. The third-order valence-corrected chi connectivity index (χ3v) is 6.26. The molecule has 3 aromatic rings. The van der Waals surface area contributed by atoms with Crippen molar-refractivity contribution in [3.8, 4) is 10.6 Å². The molecule has 1 aromatic carbocycles. The Kier molecular flexibility index (Phi) is 4.74. The van der Waals surface area contributed by atoms with Crippen molar-refractivity contribution in [2.75, 3.05) is 5.32 Å². The van der Waals surface area contributed by atoms with E-state index in [9.17, 15) is 13.2 Å². The molecule has 0 aliphatic rings. The highest BCUT2D eigenvalue weighted by molar-refractivity contribution is 7.89. The molecule has 0 saturated heterocycles. The number of carbonyl (C=O) groups excluding carboxylic acids is 1. The molecule has 130 valence electrons. The van der Waals surface area contributed by atoms with Gasteiger partial charge >= 0.3 is 0 Å². The molecule has 0 fully saturated rings. The minimum Gasteiger partial charge on any atom is -0.298 e. The first-order valence-corrected chi connectivity index (χ1v) is 10.5. The summed E-state index contributed by atoms with van der Waals surface area (Å²) in [4.78, 5) is 17.9. The van der Waals surface area contributed by atoms with Gasteiger partial charge in [0.25, 0.3) is 5.91 Å². The predicted octanol–water partition coefficient (Wildman–Crippen LogP) is 3.39. The van der Waals surface area contributed by atoms with Crippen LogP contribution in [0.2, 0.25) is 0 Å². The molecule has 0 bridgehead atoms. The number of nitrogens with zero attached hydrogens (tertiary/aromatic N) is 1. The number of sulfonamides is 1. The highest BCUT2D eigenvalue weighted by Crippen LogP contribution is 2.29. The van der Waals surface area contributed by atoms with Crippen LogP contribution in [0.4, 0.5) is 5.13 Å². The van der Waals surface area contributed by atoms with Gasteiger partial charge in [-0.1, -0.05) is 6.07 Å². The van der Waals surface area contributed by atoms with E-state index in [0.717, 1.165) is 10.6 Å². The summed E-state index contributed by atoms with van der Waals surface area (Å²) in [5, 5.41) is 12.2. The lowest BCUT2D eigenvalue weighted by molar-refractivity contribution is 0.102. The molecule has 2 heterocycles. The first kappa shape index (κ1) is 17.7. The van der Waals surface area contributed by atoms with Crippen molar-refractivity contribution in [1.29, 1.82) is 0 Å². The lowest BCUT2D eigenvalue weighted by Gasteiger charge is -2.10. The average Bonchev–Trinajstić information content (AvgIpc) is 3.19. The second-order valence-electron chi connectivity index (χ2n) is 5.43. The van der Waals surface area contributed by atoms with E-state index in [-0.39, 0.29) is 10.5 Å². The van der Waals surface area contributed by atoms with E-state index in [1.807, 2.05) is 22.9 Å². The predicted molar refractivity (Wildman–Crippen MR) is 101 cm³/mol. The Balaban J connectivity index is 1.90. The van der Waals surface area contributed by atoms with Crippen LogP contribution < -0.4 is 10.5 Å². The molecule has 9 heteroatoms. The van der Waals surface area contributed by atoms with Gasteiger partial charge in [0, 0.05) is 10.9 Å². The van der Waals surface area contributed by atoms with Crippen LogP contribution in [0.1, 0.15) is 21.5 Å². The Morgan fingerprint density at radius 3 is 2.64 bits per heavy atom. The number of aryl methyl sites for hydroxylation is 1. The van der Waals surface area contributed by atoms with Crippen molar-refractivity contribution < 1.29 is 13.2 Å². The fourth-order valence-corrected chi connectivity index (χ4v) is 4.35. The molecule has 3 N–H and O–H groups in total. The summed E-state index contributed by atoms with van der Waals surface area (Å²) in [6.07, 6.45) is 0. The smallest absolute Gasteiger partial charge is 0.257 e. The van der Waals surface area contributed by atoms with Crippen LogP contribution >= 0.6 is 22.7 Å². The second-order valence-corrected chi connectivity index (χ2v) is 8.79. The van der Waals surface area contributed by atoms with E-state index >= 15 is 0 Å². The third-order valence-electron chi connectivity index (χ3n) is 3.71. The van der Waals surface area contributed by atoms with Crippen LogP contribution in [0, 0.1) is 13.8 Å². The summed E-state index contributed by atoms with van der Waals surface area (Å²) in [7, 11) is -3.89. The Bertz CT molecular complexity index is 1040. The number of aromatic nitrogens is 1. The van der Waals surface area contributed by atoms with E-state index in [0.29, 0.717) is 16.3 Å². The number of hydrogen-bond donors (Lipinski definition) is 2. The molecule has 0 atom stereocenters. The number of anilines is 1. The number of hydrogen-bond acceptors (Lipinski definition) is 6.